The van der Waals surface area contributed by atoms with Gasteiger partial charge in [0, 0.05) is 22.0 Å². The zero-order chi connectivity index (χ0) is 17.4. The summed E-state index contributed by atoms with van der Waals surface area (Å²) in [5.41, 5.74) is 7.02. The van der Waals surface area contributed by atoms with Gasteiger partial charge in [-0.1, -0.05) is 41.9 Å². The Kier molecular flexibility index (Phi) is 4.16. The van der Waals surface area contributed by atoms with Crippen LogP contribution in [0.4, 0.5) is 0 Å². The van der Waals surface area contributed by atoms with E-state index in [1.807, 2.05) is 38.1 Å². The third-order valence-corrected chi connectivity index (χ3v) is 4.22. The molecular weight excluding hydrogens is 324 g/mol. The third kappa shape index (κ3) is 2.59. The Morgan fingerprint density at radius 2 is 1.75 bits per heavy atom. The van der Waals surface area contributed by atoms with Crippen LogP contribution in [0.25, 0.3) is 21.9 Å². The zero-order valence-electron chi connectivity index (χ0n) is 13.4. The van der Waals surface area contributed by atoms with Gasteiger partial charge in [-0.25, -0.2) is 0 Å². The number of primary amides is 1. The number of amides is 1. The van der Waals surface area contributed by atoms with Gasteiger partial charge in [-0.15, -0.1) is 0 Å². The van der Waals surface area contributed by atoms with Gasteiger partial charge in [-0.2, -0.15) is 0 Å². The number of hydrogen-bond acceptors (Lipinski definition) is 2. The van der Waals surface area contributed by atoms with E-state index in [2.05, 4.69) is 0 Å². The average molecular weight is 341 g/mol. The predicted octanol–water partition coefficient (Wildman–Crippen LogP) is 4.00. The summed E-state index contributed by atoms with van der Waals surface area (Å²) in [5, 5.41) is 1.79. The monoisotopic (exact) mass is 340 g/mol. The summed E-state index contributed by atoms with van der Waals surface area (Å²) in [6.07, 6.45) is 0. The quantitative estimate of drug-likeness (QED) is 0.783. The fourth-order valence-corrected chi connectivity index (χ4v) is 3.23. The van der Waals surface area contributed by atoms with Crippen LogP contribution in [-0.2, 0) is 0 Å². The number of aromatic nitrogens is 1. The predicted molar refractivity (Wildman–Crippen MR) is 97.6 cm³/mol. The van der Waals surface area contributed by atoms with E-state index in [4.69, 9.17) is 17.3 Å². The molecule has 2 N–H and O–H groups in total. The van der Waals surface area contributed by atoms with Crippen LogP contribution in [0.5, 0.6) is 0 Å². The molecule has 4 nitrogen and oxygen atoms in total. The molecule has 1 heterocycles. The molecular formula is C19H17ClN2O2. The van der Waals surface area contributed by atoms with Gasteiger partial charge >= 0.3 is 0 Å². The van der Waals surface area contributed by atoms with Crippen molar-refractivity contribution in [1.82, 2.24) is 4.57 Å². The molecule has 122 valence electrons. The Morgan fingerprint density at radius 1 is 1.08 bits per heavy atom. The molecule has 0 saturated heterocycles. The Morgan fingerprint density at radius 3 is 2.33 bits per heavy atom. The van der Waals surface area contributed by atoms with Crippen molar-refractivity contribution in [2.75, 3.05) is 0 Å². The lowest BCUT2D eigenvalue weighted by atomic mass is 9.96. The summed E-state index contributed by atoms with van der Waals surface area (Å²) in [4.78, 5) is 25.1. The third-order valence-electron chi connectivity index (χ3n) is 3.99. The highest BCUT2D eigenvalue weighted by Crippen LogP contribution is 2.32. The number of carbonyl (C=O) groups is 1. The van der Waals surface area contributed by atoms with Crippen LogP contribution >= 0.6 is 11.6 Å². The topological polar surface area (TPSA) is 65.1 Å². The largest absolute Gasteiger partial charge is 0.364 e. The maximum absolute atomic E-state index is 12.9. The molecule has 0 aliphatic heterocycles. The van der Waals surface area contributed by atoms with Gasteiger partial charge in [0.15, 0.2) is 0 Å². The number of hydrogen-bond donors (Lipinski definition) is 1. The number of nitrogens with zero attached hydrogens (tertiary/aromatic N) is 1. The molecule has 3 aromatic rings. The Labute approximate surface area is 144 Å². The second-order valence-electron chi connectivity index (χ2n) is 5.91. The molecule has 24 heavy (non-hydrogen) atoms. The SMILES string of the molecule is CC(C)n1c(C(N)=O)c(-c2cccc(Cl)c2)c2ccccc2c1=O. The molecule has 5 heteroatoms. The second-order valence-corrected chi connectivity index (χ2v) is 6.35. The summed E-state index contributed by atoms with van der Waals surface area (Å²) in [7, 11) is 0. The van der Waals surface area contributed by atoms with Gasteiger partial charge in [0.05, 0.1) is 0 Å². The first-order valence-corrected chi connectivity index (χ1v) is 8.02. The molecule has 0 unspecified atom stereocenters. The van der Waals surface area contributed by atoms with E-state index in [1.54, 1.807) is 24.3 Å². The van der Waals surface area contributed by atoms with E-state index >= 15 is 0 Å². The normalized spacial score (nSPS) is 11.2. The fraction of sp³-hybridized carbons (Fsp3) is 0.158. The van der Waals surface area contributed by atoms with Crippen molar-refractivity contribution in [3.63, 3.8) is 0 Å². The second kappa shape index (κ2) is 6.13. The fourth-order valence-electron chi connectivity index (χ4n) is 3.04. The minimum Gasteiger partial charge on any atom is -0.364 e. The Bertz CT molecular complexity index is 1010. The van der Waals surface area contributed by atoms with E-state index in [9.17, 15) is 9.59 Å². The van der Waals surface area contributed by atoms with Crippen LogP contribution < -0.4 is 11.3 Å². The molecule has 0 atom stereocenters. The minimum absolute atomic E-state index is 0.205. The van der Waals surface area contributed by atoms with Gasteiger partial charge in [-0.05, 0) is 43.0 Å². The first-order valence-electron chi connectivity index (χ1n) is 7.64. The number of fused-ring (bicyclic) bond motifs is 1. The van der Waals surface area contributed by atoms with Crippen LogP contribution in [0.2, 0.25) is 5.02 Å². The summed E-state index contributed by atoms with van der Waals surface area (Å²) < 4.78 is 1.46. The van der Waals surface area contributed by atoms with Crippen molar-refractivity contribution in [2.45, 2.75) is 19.9 Å². The van der Waals surface area contributed by atoms with E-state index in [1.165, 1.54) is 4.57 Å². The van der Waals surface area contributed by atoms with Crippen LogP contribution in [0.3, 0.4) is 0 Å². The molecule has 0 saturated carbocycles. The molecule has 3 rings (SSSR count). The van der Waals surface area contributed by atoms with Crippen LogP contribution in [0.1, 0.15) is 30.4 Å². The van der Waals surface area contributed by atoms with Crippen molar-refractivity contribution in [2.24, 2.45) is 5.73 Å². The standard InChI is InChI=1S/C19H17ClN2O2/c1-11(2)22-17(18(21)23)16(12-6-5-7-13(20)10-12)14-8-3-4-9-15(14)19(22)24/h3-11H,1-2H3,(H2,21,23). The molecule has 1 amide bonds. The van der Waals surface area contributed by atoms with Crippen molar-refractivity contribution >= 4 is 28.3 Å². The summed E-state index contributed by atoms with van der Waals surface area (Å²) in [5.74, 6) is -0.637. The first kappa shape index (κ1) is 16.3. The lowest BCUT2D eigenvalue weighted by Gasteiger charge is -2.20. The highest BCUT2D eigenvalue weighted by Gasteiger charge is 2.22. The van der Waals surface area contributed by atoms with E-state index in [-0.39, 0.29) is 17.3 Å². The van der Waals surface area contributed by atoms with Crippen LogP contribution in [0, 0.1) is 0 Å². The van der Waals surface area contributed by atoms with E-state index in [0.717, 1.165) is 5.56 Å². The molecule has 0 aliphatic rings. The number of halogens is 1. The lowest BCUT2D eigenvalue weighted by molar-refractivity contribution is 0.0989. The average Bonchev–Trinajstić information content (AvgIpc) is 2.54. The maximum Gasteiger partial charge on any atom is 0.266 e. The number of rotatable bonds is 3. The van der Waals surface area contributed by atoms with E-state index < -0.39 is 5.91 Å². The minimum atomic E-state index is -0.637. The van der Waals surface area contributed by atoms with Gasteiger partial charge in [-0.3, -0.25) is 9.59 Å². The maximum atomic E-state index is 12.9. The Balaban J connectivity index is 2.59. The smallest absolute Gasteiger partial charge is 0.266 e. The highest BCUT2D eigenvalue weighted by atomic mass is 35.5. The zero-order valence-corrected chi connectivity index (χ0v) is 14.2. The molecule has 0 bridgehead atoms. The highest BCUT2D eigenvalue weighted by molar-refractivity contribution is 6.31. The van der Waals surface area contributed by atoms with E-state index in [0.29, 0.717) is 21.4 Å². The van der Waals surface area contributed by atoms with Crippen molar-refractivity contribution in [3.05, 3.63) is 69.6 Å². The van der Waals surface area contributed by atoms with Crippen LogP contribution in [0.15, 0.2) is 53.3 Å². The van der Waals surface area contributed by atoms with Gasteiger partial charge in [0.2, 0.25) is 0 Å². The molecule has 1 aromatic heterocycles. The van der Waals surface area contributed by atoms with Crippen molar-refractivity contribution in [1.29, 1.82) is 0 Å². The molecule has 0 spiro atoms. The Hall–Kier alpha value is -2.59. The summed E-state index contributed by atoms with van der Waals surface area (Å²) in [6.45, 7) is 3.70. The van der Waals surface area contributed by atoms with Crippen LogP contribution in [-0.4, -0.2) is 10.5 Å². The van der Waals surface area contributed by atoms with Gasteiger partial charge in [0.1, 0.15) is 5.69 Å². The number of benzene rings is 2. The molecule has 0 aliphatic carbocycles. The molecule has 0 fully saturated rings. The van der Waals surface area contributed by atoms with Crippen molar-refractivity contribution in [3.8, 4) is 11.1 Å². The lowest BCUT2D eigenvalue weighted by Crippen LogP contribution is -2.31. The summed E-state index contributed by atoms with van der Waals surface area (Å²) >= 11 is 6.13. The molecule has 0 radical (unpaired) electrons. The first-order chi connectivity index (χ1) is 11.4. The van der Waals surface area contributed by atoms with Crippen molar-refractivity contribution < 1.29 is 4.79 Å². The van der Waals surface area contributed by atoms with Gasteiger partial charge < -0.3 is 10.3 Å². The number of nitrogens with two attached hydrogens (primary N) is 1. The number of carbonyl (C=O) groups excluding carboxylic acids is 1. The summed E-state index contributed by atoms with van der Waals surface area (Å²) in [6, 6.07) is 14.2. The molecule has 2 aromatic carbocycles. The number of pyridine rings is 1. The van der Waals surface area contributed by atoms with Gasteiger partial charge in [0.25, 0.3) is 11.5 Å².